The van der Waals surface area contributed by atoms with Crippen molar-refractivity contribution in [2.45, 2.75) is 26.9 Å². The van der Waals surface area contributed by atoms with Gasteiger partial charge in [-0.2, -0.15) is 0 Å². The highest BCUT2D eigenvalue weighted by Gasteiger charge is 2.35. The normalized spacial score (nSPS) is 14.6. The van der Waals surface area contributed by atoms with Crippen LogP contribution in [0.1, 0.15) is 26.3 Å². The van der Waals surface area contributed by atoms with E-state index in [4.69, 9.17) is 9.47 Å². The van der Waals surface area contributed by atoms with Crippen LogP contribution in [-0.2, 0) is 9.59 Å². The molecule has 0 atom stereocenters. The molecule has 2 aromatic carbocycles. The molecule has 33 heavy (non-hydrogen) atoms. The lowest BCUT2D eigenvalue weighted by Crippen LogP contribution is -2.38. The monoisotopic (exact) mass is 567 g/mol. The molecule has 4 amide bonds. The predicted octanol–water partition coefficient (Wildman–Crippen LogP) is 4.15. The van der Waals surface area contributed by atoms with Gasteiger partial charge >= 0.3 is 6.03 Å². The van der Waals surface area contributed by atoms with Crippen molar-refractivity contribution in [1.82, 2.24) is 10.2 Å². The molecule has 0 aromatic heterocycles. The molecule has 1 aliphatic heterocycles. The number of carbonyl (C=O) groups excluding carboxylic acids is 3. The van der Waals surface area contributed by atoms with Gasteiger partial charge in [0.25, 0.3) is 5.91 Å². The summed E-state index contributed by atoms with van der Waals surface area (Å²) in [6.45, 7) is 5.53. The zero-order chi connectivity index (χ0) is 24.1. The fourth-order valence-electron chi connectivity index (χ4n) is 3.06. The van der Waals surface area contributed by atoms with Gasteiger partial charge in [0, 0.05) is 0 Å². The van der Waals surface area contributed by atoms with Crippen LogP contribution in [0.15, 0.2) is 42.1 Å². The van der Waals surface area contributed by atoms with E-state index in [9.17, 15) is 18.8 Å². The van der Waals surface area contributed by atoms with E-state index in [-0.39, 0.29) is 17.5 Å². The van der Waals surface area contributed by atoms with E-state index in [2.05, 4.69) is 33.2 Å². The summed E-state index contributed by atoms with van der Waals surface area (Å²) in [6, 6.07) is 8.38. The summed E-state index contributed by atoms with van der Waals surface area (Å²) < 4.78 is 26.0. The van der Waals surface area contributed by atoms with Gasteiger partial charge < -0.3 is 20.1 Å². The first kappa shape index (κ1) is 24.5. The lowest BCUT2D eigenvalue weighted by atomic mass is 10.1. The molecule has 2 aromatic rings. The maximum Gasteiger partial charge on any atom is 0.329 e. The largest absolute Gasteiger partial charge is 0.490 e. The molecule has 2 N–H and O–H groups in total. The van der Waals surface area contributed by atoms with E-state index in [1.54, 1.807) is 18.2 Å². The number of hydrogen-bond donors (Lipinski definition) is 2. The molecular formula is C23H23FIN3O5. The Labute approximate surface area is 204 Å². The molecule has 0 unspecified atom stereocenters. The van der Waals surface area contributed by atoms with E-state index in [0.717, 1.165) is 8.47 Å². The Hall–Kier alpha value is -3.15. The van der Waals surface area contributed by atoms with Crippen molar-refractivity contribution in [2.75, 3.05) is 18.5 Å². The summed E-state index contributed by atoms with van der Waals surface area (Å²) in [5.41, 5.74) is 0.585. The Morgan fingerprint density at radius 1 is 1.27 bits per heavy atom. The minimum Gasteiger partial charge on any atom is -0.490 e. The first-order valence-electron chi connectivity index (χ1n) is 10.2. The second kappa shape index (κ2) is 10.6. The fraction of sp³-hybridized carbons (Fsp3) is 0.261. The average molecular weight is 567 g/mol. The molecule has 10 heteroatoms. The van der Waals surface area contributed by atoms with Crippen LogP contribution >= 0.6 is 22.6 Å². The van der Waals surface area contributed by atoms with Crippen LogP contribution in [0, 0.1) is 9.39 Å². The highest BCUT2D eigenvalue weighted by atomic mass is 127. The van der Waals surface area contributed by atoms with E-state index >= 15 is 0 Å². The Bertz CT molecular complexity index is 1120. The van der Waals surface area contributed by atoms with Gasteiger partial charge in [0.15, 0.2) is 11.5 Å². The molecule has 0 saturated carbocycles. The van der Waals surface area contributed by atoms with E-state index in [1.807, 2.05) is 20.8 Å². The first-order valence-corrected chi connectivity index (χ1v) is 11.3. The van der Waals surface area contributed by atoms with E-state index < -0.39 is 30.2 Å². The summed E-state index contributed by atoms with van der Waals surface area (Å²) in [5, 5.41) is 4.83. The number of benzene rings is 2. The van der Waals surface area contributed by atoms with Crippen molar-refractivity contribution in [3.8, 4) is 11.5 Å². The standard InChI is InChI=1S/C23H23FIN3O5/c1-4-32-19-11-14(9-16(25)21(19)33-13(2)3)10-18-22(30)28(23(31)27-18)12-20(29)26-17-8-6-5-7-15(17)24/h5-11,13H,4,12H2,1-3H3,(H,26,29)(H,27,31)/b18-10+. The quantitative estimate of drug-likeness (QED) is 0.284. The Morgan fingerprint density at radius 3 is 2.67 bits per heavy atom. The van der Waals surface area contributed by atoms with E-state index in [1.165, 1.54) is 24.3 Å². The molecule has 3 rings (SSSR count). The van der Waals surface area contributed by atoms with Crippen LogP contribution in [0.4, 0.5) is 14.9 Å². The van der Waals surface area contributed by atoms with Gasteiger partial charge in [0.05, 0.1) is 22.0 Å². The smallest absolute Gasteiger partial charge is 0.329 e. The molecule has 174 valence electrons. The number of carbonyl (C=O) groups is 3. The minimum absolute atomic E-state index is 0.00877. The van der Waals surface area contributed by atoms with Gasteiger partial charge in [-0.15, -0.1) is 0 Å². The van der Waals surface area contributed by atoms with Gasteiger partial charge in [-0.3, -0.25) is 9.59 Å². The summed E-state index contributed by atoms with van der Waals surface area (Å²) in [7, 11) is 0. The molecule has 0 aliphatic carbocycles. The number of anilines is 1. The zero-order valence-electron chi connectivity index (χ0n) is 18.3. The van der Waals surface area contributed by atoms with Crippen molar-refractivity contribution in [2.24, 2.45) is 0 Å². The molecule has 0 spiro atoms. The maximum absolute atomic E-state index is 13.7. The van der Waals surface area contributed by atoms with Gasteiger partial charge in [-0.25, -0.2) is 14.1 Å². The molecule has 8 nitrogen and oxygen atoms in total. The second-order valence-corrected chi connectivity index (χ2v) is 8.50. The van der Waals surface area contributed by atoms with Crippen LogP contribution in [0.2, 0.25) is 0 Å². The van der Waals surface area contributed by atoms with Crippen LogP contribution in [-0.4, -0.2) is 42.0 Å². The van der Waals surface area contributed by atoms with Crippen LogP contribution in [0.5, 0.6) is 11.5 Å². The third-order valence-electron chi connectivity index (χ3n) is 4.41. The average Bonchev–Trinajstić information content (AvgIpc) is 2.99. The van der Waals surface area contributed by atoms with Gasteiger partial charge in [0.2, 0.25) is 5.91 Å². The van der Waals surface area contributed by atoms with Crippen molar-refractivity contribution >= 4 is 52.2 Å². The molecule has 1 saturated heterocycles. The Kier molecular flexibility index (Phi) is 7.90. The van der Waals surface area contributed by atoms with Gasteiger partial charge in [-0.05, 0) is 79.3 Å². The number of para-hydroxylation sites is 1. The summed E-state index contributed by atoms with van der Waals surface area (Å²) in [5.74, 6) is -0.869. The molecule has 0 radical (unpaired) electrons. The predicted molar refractivity (Wildman–Crippen MR) is 129 cm³/mol. The maximum atomic E-state index is 13.7. The van der Waals surface area contributed by atoms with Gasteiger partial charge in [-0.1, -0.05) is 12.1 Å². The number of halogens is 2. The fourth-order valence-corrected chi connectivity index (χ4v) is 3.81. The number of urea groups is 1. The molecule has 1 fully saturated rings. The number of hydrogen-bond acceptors (Lipinski definition) is 5. The molecule has 1 aliphatic rings. The minimum atomic E-state index is -0.741. The van der Waals surface area contributed by atoms with Crippen molar-refractivity contribution < 1.29 is 28.2 Å². The first-order chi connectivity index (χ1) is 15.7. The Balaban J connectivity index is 1.79. The van der Waals surface area contributed by atoms with E-state index in [0.29, 0.717) is 23.7 Å². The third-order valence-corrected chi connectivity index (χ3v) is 5.21. The third kappa shape index (κ3) is 6.01. The molecular weight excluding hydrogens is 544 g/mol. The number of ether oxygens (including phenoxy) is 2. The van der Waals surface area contributed by atoms with Crippen LogP contribution < -0.4 is 20.1 Å². The van der Waals surface area contributed by atoms with Gasteiger partial charge in [0.1, 0.15) is 18.1 Å². The van der Waals surface area contributed by atoms with Crippen LogP contribution in [0.25, 0.3) is 6.08 Å². The van der Waals surface area contributed by atoms with Crippen molar-refractivity contribution in [1.29, 1.82) is 0 Å². The second-order valence-electron chi connectivity index (χ2n) is 7.34. The topological polar surface area (TPSA) is 97.0 Å². The number of rotatable bonds is 8. The summed E-state index contributed by atoms with van der Waals surface area (Å²) in [4.78, 5) is 38.1. The number of nitrogens with one attached hydrogen (secondary N) is 2. The molecule has 0 bridgehead atoms. The number of imide groups is 1. The number of nitrogens with zero attached hydrogens (tertiary/aromatic N) is 1. The lowest BCUT2D eigenvalue weighted by Gasteiger charge is -2.17. The number of amides is 4. The SMILES string of the molecule is CCOc1cc(/C=C2/NC(=O)N(CC(=O)Nc3ccccc3F)C2=O)cc(I)c1OC(C)C. The van der Waals surface area contributed by atoms with Crippen LogP contribution in [0.3, 0.4) is 0 Å². The van der Waals surface area contributed by atoms with Crippen molar-refractivity contribution in [3.05, 3.63) is 57.0 Å². The molecule has 1 heterocycles. The van der Waals surface area contributed by atoms with Crippen molar-refractivity contribution in [3.63, 3.8) is 0 Å². The highest BCUT2D eigenvalue weighted by molar-refractivity contribution is 14.1. The summed E-state index contributed by atoms with van der Waals surface area (Å²) in [6.07, 6.45) is 1.44. The Morgan fingerprint density at radius 2 is 2.00 bits per heavy atom. The lowest BCUT2D eigenvalue weighted by molar-refractivity contribution is -0.127. The summed E-state index contributed by atoms with van der Waals surface area (Å²) >= 11 is 2.11. The zero-order valence-corrected chi connectivity index (χ0v) is 20.4. The highest BCUT2D eigenvalue weighted by Crippen LogP contribution is 2.35.